The van der Waals surface area contributed by atoms with E-state index in [2.05, 4.69) is 20.2 Å². The maximum atomic E-state index is 10.5. The lowest BCUT2D eigenvalue weighted by atomic mass is 9.99. The normalized spacial score (nSPS) is 15.4. The monoisotopic (exact) mass is 511 g/mol. The summed E-state index contributed by atoms with van der Waals surface area (Å²) in [6.45, 7) is 4.98. The molecule has 7 N–H and O–H groups in total. The average molecular weight is 512 g/mol. The highest BCUT2D eigenvalue weighted by atomic mass is 16.5. The van der Waals surface area contributed by atoms with Crippen LogP contribution >= 0.6 is 0 Å². The van der Waals surface area contributed by atoms with E-state index >= 15 is 0 Å². The maximum Gasteiger partial charge on any atom is 0.142 e. The van der Waals surface area contributed by atoms with Crippen LogP contribution in [0.25, 0.3) is 22.4 Å². The zero-order valence-corrected chi connectivity index (χ0v) is 21.4. The highest BCUT2D eigenvalue weighted by Crippen LogP contribution is 2.32. The number of nitrogens with two attached hydrogens (primary N) is 1. The molecule has 3 aromatic carbocycles. The fourth-order valence-corrected chi connectivity index (χ4v) is 4.77. The number of likely N-dealkylation sites (tertiary alicyclic amines) is 1. The molecule has 196 valence electrons. The molecule has 5 rings (SSSR count). The Balaban J connectivity index is 1.20. The van der Waals surface area contributed by atoms with Crippen molar-refractivity contribution in [2.75, 3.05) is 25.0 Å². The molecule has 9 nitrogen and oxygen atoms in total. The summed E-state index contributed by atoms with van der Waals surface area (Å²) in [7, 11) is 0. The van der Waals surface area contributed by atoms with Crippen LogP contribution in [0.4, 0.5) is 5.69 Å². The highest BCUT2D eigenvalue weighted by molar-refractivity contribution is 5.98. The van der Waals surface area contributed by atoms with Gasteiger partial charge in [-0.05, 0) is 73.9 Å². The highest BCUT2D eigenvalue weighted by Gasteiger charge is 2.20. The molecule has 1 unspecified atom stereocenters. The van der Waals surface area contributed by atoms with E-state index in [1.807, 2.05) is 43.3 Å². The maximum absolute atomic E-state index is 10.5. The van der Waals surface area contributed by atoms with Gasteiger partial charge in [-0.25, -0.2) is 4.98 Å². The summed E-state index contributed by atoms with van der Waals surface area (Å²) in [5.74, 6) is 2.58. The van der Waals surface area contributed by atoms with Gasteiger partial charge in [-0.2, -0.15) is 0 Å². The van der Waals surface area contributed by atoms with Crippen molar-refractivity contribution < 1.29 is 9.84 Å². The van der Waals surface area contributed by atoms with Crippen LogP contribution in [0.15, 0.2) is 60.7 Å². The molecule has 0 radical (unpaired) electrons. The molecule has 0 saturated carbocycles. The van der Waals surface area contributed by atoms with Crippen molar-refractivity contribution in [2.45, 2.75) is 26.3 Å². The topological polar surface area (TPSA) is 147 Å². The number of fused-ring (bicyclic) bond motifs is 1. The molecule has 1 saturated heterocycles. The molecule has 2 heterocycles. The van der Waals surface area contributed by atoms with Crippen LogP contribution in [0, 0.1) is 16.7 Å². The fraction of sp³-hybridized carbons (Fsp3) is 0.276. The van der Waals surface area contributed by atoms with E-state index in [0.29, 0.717) is 41.9 Å². The minimum atomic E-state index is -0.00798. The Morgan fingerprint density at radius 3 is 2.74 bits per heavy atom. The van der Waals surface area contributed by atoms with Crippen LogP contribution in [-0.2, 0) is 6.54 Å². The summed E-state index contributed by atoms with van der Waals surface area (Å²) in [6, 6.07) is 18.8. The second-order valence-electron chi connectivity index (χ2n) is 9.81. The molecule has 0 spiro atoms. The van der Waals surface area contributed by atoms with E-state index in [9.17, 15) is 5.11 Å². The standard InChI is InChI=1S/C29H33N7O2/c1-18(30)36-12-2-3-20(16-36)17-38-23-8-4-19(5-9-23)15-33-22-7-11-27(37)24(14-22)29-34-25-10-6-21(28(31)32)13-26(25)35-29/h4-11,13-14,20,30,33,37H,2-3,12,15-17H2,1H3,(H3,31,32)(H,34,35). The number of piperidine rings is 1. The lowest BCUT2D eigenvalue weighted by molar-refractivity contribution is 0.174. The average Bonchev–Trinajstić information content (AvgIpc) is 3.35. The van der Waals surface area contributed by atoms with Gasteiger partial charge in [-0.1, -0.05) is 12.1 Å². The first-order valence-corrected chi connectivity index (χ1v) is 12.8. The van der Waals surface area contributed by atoms with Gasteiger partial charge in [0.25, 0.3) is 0 Å². The van der Waals surface area contributed by atoms with Crippen LogP contribution in [0.1, 0.15) is 30.9 Å². The van der Waals surface area contributed by atoms with Gasteiger partial charge in [0, 0.05) is 36.8 Å². The summed E-state index contributed by atoms with van der Waals surface area (Å²) in [5, 5.41) is 29.4. The van der Waals surface area contributed by atoms with Gasteiger partial charge in [-0.3, -0.25) is 10.8 Å². The molecule has 1 aliphatic rings. The Bertz CT molecular complexity index is 1460. The Hall–Kier alpha value is -4.53. The second kappa shape index (κ2) is 10.8. The molecular formula is C29H33N7O2. The molecule has 4 aromatic rings. The van der Waals surface area contributed by atoms with Gasteiger partial charge >= 0.3 is 0 Å². The van der Waals surface area contributed by atoms with E-state index in [0.717, 1.165) is 54.0 Å². The van der Waals surface area contributed by atoms with Crippen molar-refractivity contribution in [3.63, 3.8) is 0 Å². The summed E-state index contributed by atoms with van der Waals surface area (Å²) < 4.78 is 6.04. The van der Waals surface area contributed by atoms with Crippen molar-refractivity contribution in [3.8, 4) is 22.9 Å². The summed E-state index contributed by atoms with van der Waals surface area (Å²) in [5.41, 5.74) is 10.2. The number of benzene rings is 3. The zero-order valence-electron chi connectivity index (χ0n) is 21.4. The number of H-pyrrole nitrogens is 1. The van der Waals surface area contributed by atoms with Crippen LogP contribution < -0.4 is 15.8 Å². The van der Waals surface area contributed by atoms with E-state index < -0.39 is 0 Å². The predicted molar refractivity (Wildman–Crippen MR) is 151 cm³/mol. The van der Waals surface area contributed by atoms with Crippen molar-refractivity contribution in [2.24, 2.45) is 11.7 Å². The smallest absolute Gasteiger partial charge is 0.142 e. The van der Waals surface area contributed by atoms with Crippen molar-refractivity contribution in [1.82, 2.24) is 14.9 Å². The number of rotatable bonds is 8. The third kappa shape index (κ3) is 5.72. The molecule has 1 fully saturated rings. The number of ether oxygens (including phenoxy) is 1. The van der Waals surface area contributed by atoms with E-state index in [-0.39, 0.29) is 11.6 Å². The quantitative estimate of drug-likeness (QED) is 0.112. The number of phenolic OH excluding ortho intramolecular Hbond substituents is 1. The van der Waals surface area contributed by atoms with E-state index in [1.165, 1.54) is 0 Å². The van der Waals surface area contributed by atoms with Crippen LogP contribution in [0.3, 0.4) is 0 Å². The number of aromatic nitrogens is 2. The van der Waals surface area contributed by atoms with Gasteiger partial charge in [0.2, 0.25) is 0 Å². The van der Waals surface area contributed by atoms with Crippen LogP contribution in [0.5, 0.6) is 11.5 Å². The number of hydrogen-bond acceptors (Lipinski definition) is 6. The van der Waals surface area contributed by atoms with Gasteiger partial charge in [-0.15, -0.1) is 0 Å². The van der Waals surface area contributed by atoms with Gasteiger partial charge in [0.1, 0.15) is 23.2 Å². The largest absolute Gasteiger partial charge is 0.507 e. The molecule has 9 heteroatoms. The minimum Gasteiger partial charge on any atom is -0.507 e. The molecule has 0 aliphatic carbocycles. The Kier molecular flexibility index (Phi) is 7.17. The second-order valence-corrected chi connectivity index (χ2v) is 9.81. The molecule has 38 heavy (non-hydrogen) atoms. The Labute approximate surface area is 221 Å². The molecule has 1 aromatic heterocycles. The number of nitrogens with one attached hydrogen (secondary N) is 4. The Morgan fingerprint density at radius 2 is 1.97 bits per heavy atom. The number of nitrogen functional groups attached to an aromatic ring is 1. The number of amidine groups is 2. The first-order chi connectivity index (χ1) is 18.4. The first-order valence-electron chi connectivity index (χ1n) is 12.8. The number of nitrogens with zero attached hydrogens (tertiary/aromatic N) is 2. The number of aromatic amines is 1. The van der Waals surface area contributed by atoms with Gasteiger partial charge in [0.05, 0.1) is 29.0 Å². The van der Waals surface area contributed by atoms with Gasteiger partial charge < -0.3 is 30.8 Å². The molecule has 0 amide bonds. The summed E-state index contributed by atoms with van der Waals surface area (Å²) in [6.07, 6.45) is 2.23. The fourth-order valence-electron chi connectivity index (χ4n) is 4.77. The van der Waals surface area contributed by atoms with Crippen LogP contribution in [-0.4, -0.2) is 51.3 Å². The zero-order chi connectivity index (χ0) is 26.6. The lowest BCUT2D eigenvalue weighted by Crippen LogP contribution is -2.40. The predicted octanol–water partition coefficient (Wildman–Crippen LogP) is 4.92. The third-order valence-corrected chi connectivity index (χ3v) is 6.94. The minimum absolute atomic E-state index is 0.00798. The van der Waals surface area contributed by atoms with Crippen molar-refractivity contribution >= 4 is 28.4 Å². The molecular weight excluding hydrogens is 478 g/mol. The summed E-state index contributed by atoms with van der Waals surface area (Å²) >= 11 is 0. The SMILES string of the molecule is CC(=N)N1CCCC(COc2ccc(CNc3ccc(O)c(-c4nc5ccc(C(=N)N)cc5[nH]4)c3)cc2)C1. The van der Waals surface area contributed by atoms with E-state index in [4.69, 9.17) is 21.3 Å². The van der Waals surface area contributed by atoms with Crippen LogP contribution in [0.2, 0.25) is 0 Å². The third-order valence-electron chi connectivity index (χ3n) is 6.94. The van der Waals surface area contributed by atoms with E-state index in [1.54, 1.807) is 24.3 Å². The summed E-state index contributed by atoms with van der Waals surface area (Å²) in [4.78, 5) is 9.94. The molecule has 1 atom stereocenters. The number of aromatic hydroxyl groups is 1. The van der Waals surface area contributed by atoms with Crippen molar-refractivity contribution in [1.29, 1.82) is 10.8 Å². The number of phenols is 1. The number of anilines is 1. The Morgan fingerprint density at radius 1 is 1.16 bits per heavy atom. The lowest BCUT2D eigenvalue weighted by Gasteiger charge is -2.33. The molecule has 1 aliphatic heterocycles. The number of hydrogen-bond donors (Lipinski definition) is 6. The first kappa shape index (κ1) is 25.1. The number of imidazole rings is 1. The van der Waals surface area contributed by atoms with Gasteiger partial charge in [0.15, 0.2) is 0 Å². The van der Waals surface area contributed by atoms with Crippen molar-refractivity contribution in [3.05, 3.63) is 71.8 Å². The molecule has 0 bridgehead atoms.